The number of benzene rings is 2. The molecule has 0 saturated carbocycles. The maximum absolute atomic E-state index is 13.0. The SMILES string of the molecule is CCC(=O)N1CCc2cc(Br)c(S(=O)(=O)Nc3c(C)cccc3C)cc21. The number of aryl methyl sites for hydroxylation is 2. The van der Waals surface area contributed by atoms with Gasteiger partial charge in [0, 0.05) is 23.1 Å². The van der Waals surface area contributed by atoms with Crippen LogP contribution in [0.4, 0.5) is 11.4 Å². The van der Waals surface area contributed by atoms with Gasteiger partial charge in [-0.1, -0.05) is 25.1 Å². The van der Waals surface area contributed by atoms with Gasteiger partial charge in [0.05, 0.1) is 5.69 Å². The van der Waals surface area contributed by atoms with E-state index in [1.807, 2.05) is 32.0 Å². The first-order chi connectivity index (χ1) is 12.2. The van der Waals surface area contributed by atoms with Crippen LogP contribution in [0.2, 0.25) is 0 Å². The quantitative estimate of drug-likeness (QED) is 0.781. The lowest BCUT2D eigenvalue weighted by Gasteiger charge is -2.19. The summed E-state index contributed by atoms with van der Waals surface area (Å²) in [7, 11) is -3.80. The van der Waals surface area contributed by atoms with Gasteiger partial charge in [-0.25, -0.2) is 8.42 Å². The fraction of sp³-hybridized carbons (Fsp3) is 0.316. The third-order valence-corrected chi connectivity index (χ3v) is 6.95. The second kappa shape index (κ2) is 7.04. The van der Waals surface area contributed by atoms with Crippen LogP contribution in [0.25, 0.3) is 0 Å². The van der Waals surface area contributed by atoms with E-state index in [0.29, 0.717) is 28.8 Å². The molecule has 0 aromatic heterocycles. The highest BCUT2D eigenvalue weighted by atomic mass is 79.9. The summed E-state index contributed by atoms with van der Waals surface area (Å²) in [5.74, 6) is -0.00266. The molecule has 3 rings (SSSR count). The highest BCUT2D eigenvalue weighted by Gasteiger charge is 2.28. The third kappa shape index (κ3) is 3.38. The molecule has 1 amide bonds. The molecule has 2 aromatic rings. The van der Waals surface area contributed by atoms with E-state index in [2.05, 4.69) is 20.7 Å². The highest BCUT2D eigenvalue weighted by Crippen LogP contribution is 2.36. The zero-order valence-electron chi connectivity index (χ0n) is 15.0. The lowest BCUT2D eigenvalue weighted by atomic mass is 10.1. The third-order valence-electron chi connectivity index (χ3n) is 4.64. The van der Waals surface area contributed by atoms with E-state index in [9.17, 15) is 13.2 Å². The Bertz CT molecular complexity index is 966. The van der Waals surface area contributed by atoms with Crippen LogP contribution in [-0.2, 0) is 21.2 Å². The maximum atomic E-state index is 13.0. The molecule has 1 heterocycles. The highest BCUT2D eigenvalue weighted by molar-refractivity contribution is 9.10. The van der Waals surface area contributed by atoms with Crippen LogP contribution in [0.5, 0.6) is 0 Å². The molecule has 0 radical (unpaired) electrons. The summed E-state index contributed by atoms with van der Waals surface area (Å²) >= 11 is 3.39. The fourth-order valence-electron chi connectivity index (χ4n) is 3.21. The number of hydrogen-bond donors (Lipinski definition) is 1. The molecule has 0 bridgehead atoms. The zero-order valence-corrected chi connectivity index (χ0v) is 17.4. The molecule has 138 valence electrons. The molecule has 7 heteroatoms. The molecule has 1 N–H and O–H groups in total. The predicted molar refractivity (Wildman–Crippen MR) is 107 cm³/mol. The molecule has 1 aliphatic rings. The average Bonchev–Trinajstić information content (AvgIpc) is 2.99. The van der Waals surface area contributed by atoms with Crippen LogP contribution in [0, 0.1) is 13.8 Å². The van der Waals surface area contributed by atoms with Crippen molar-refractivity contribution >= 4 is 43.2 Å². The summed E-state index contributed by atoms with van der Waals surface area (Å²) in [6.45, 7) is 6.12. The molecule has 1 aliphatic heterocycles. The molecule has 0 aliphatic carbocycles. The first-order valence-corrected chi connectivity index (χ1v) is 10.7. The number of rotatable bonds is 4. The predicted octanol–water partition coefficient (Wildman–Crippen LogP) is 4.17. The number of fused-ring (bicyclic) bond motifs is 1. The second-order valence-corrected chi connectivity index (χ2v) is 8.94. The van der Waals surface area contributed by atoms with Crippen LogP contribution < -0.4 is 9.62 Å². The summed E-state index contributed by atoms with van der Waals surface area (Å²) in [5.41, 5.74) is 3.95. The Morgan fingerprint density at radius 1 is 1.23 bits per heavy atom. The number of carbonyl (C=O) groups is 1. The molecular weight excluding hydrogens is 416 g/mol. The summed E-state index contributed by atoms with van der Waals surface area (Å²) < 4.78 is 29.3. The molecule has 26 heavy (non-hydrogen) atoms. The lowest BCUT2D eigenvalue weighted by molar-refractivity contribution is -0.118. The normalized spacial score (nSPS) is 13.6. The summed E-state index contributed by atoms with van der Waals surface area (Å²) in [6, 6.07) is 9.02. The molecule has 5 nitrogen and oxygen atoms in total. The standard InChI is InChI=1S/C19H21BrN2O3S/c1-4-18(23)22-9-8-14-10-15(20)17(11-16(14)22)26(24,25)21-19-12(2)6-5-7-13(19)3/h5-7,10-11,21H,4,8-9H2,1-3H3. The van der Waals surface area contributed by atoms with Gasteiger partial charge in [0.25, 0.3) is 10.0 Å². The molecule has 0 saturated heterocycles. The van der Waals surface area contributed by atoms with Crippen molar-refractivity contribution in [1.29, 1.82) is 0 Å². The molecule has 0 atom stereocenters. The summed E-state index contributed by atoms with van der Waals surface area (Å²) in [6.07, 6.45) is 1.11. The van der Waals surface area contributed by atoms with E-state index in [0.717, 1.165) is 23.1 Å². The van der Waals surface area contributed by atoms with Crippen LogP contribution in [0.1, 0.15) is 30.0 Å². The summed E-state index contributed by atoms with van der Waals surface area (Å²) in [5, 5.41) is 0. The number of halogens is 1. The Morgan fingerprint density at radius 2 is 1.88 bits per heavy atom. The van der Waals surface area contributed by atoms with Gasteiger partial charge in [0.15, 0.2) is 0 Å². The molecule has 0 unspecified atom stereocenters. The van der Waals surface area contributed by atoms with Crippen molar-refractivity contribution in [3.63, 3.8) is 0 Å². The van der Waals surface area contributed by atoms with Gasteiger partial charge in [0.1, 0.15) is 4.90 Å². The minimum Gasteiger partial charge on any atom is -0.312 e. The van der Waals surface area contributed by atoms with E-state index >= 15 is 0 Å². The van der Waals surface area contributed by atoms with Crippen LogP contribution >= 0.6 is 15.9 Å². The van der Waals surface area contributed by atoms with Gasteiger partial charge < -0.3 is 4.90 Å². The average molecular weight is 437 g/mol. The van der Waals surface area contributed by atoms with E-state index in [1.165, 1.54) is 0 Å². The zero-order chi connectivity index (χ0) is 19.1. The van der Waals surface area contributed by atoms with Crippen molar-refractivity contribution in [2.75, 3.05) is 16.2 Å². The topological polar surface area (TPSA) is 66.5 Å². The monoisotopic (exact) mass is 436 g/mol. The van der Waals surface area contributed by atoms with E-state index in [-0.39, 0.29) is 10.8 Å². The Kier molecular flexibility index (Phi) is 5.12. The largest absolute Gasteiger partial charge is 0.312 e. The number of amides is 1. The van der Waals surface area contributed by atoms with Gasteiger partial charge in [-0.05, 0) is 65.0 Å². The molecule has 0 spiro atoms. The molecule has 2 aromatic carbocycles. The minimum atomic E-state index is -3.80. The first kappa shape index (κ1) is 18.9. The summed E-state index contributed by atoms with van der Waals surface area (Å²) in [4.78, 5) is 14.0. The Hall–Kier alpha value is -1.86. The Morgan fingerprint density at radius 3 is 2.50 bits per heavy atom. The number of anilines is 2. The number of carbonyl (C=O) groups excluding carboxylic acids is 1. The van der Waals surface area contributed by atoms with Crippen LogP contribution in [0.15, 0.2) is 39.7 Å². The van der Waals surface area contributed by atoms with Crippen molar-refractivity contribution in [2.45, 2.75) is 38.5 Å². The van der Waals surface area contributed by atoms with Crippen LogP contribution in [-0.4, -0.2) is 20.9 Å². The van der Waals surface area contributed by atoms with Crippen LogP contribution in [0.3, 0.4) is 0 Å². The van der Waals surface area contributed by atoms with Gasteiger partial charge >= 0.3 is 0 Å². The van der Waals surface area contributed by atoms with E-state index < -0.39 is 10.0 Å². The minimum absolute atomic E-state index is 0.00266. The maximum Gasteiger partial charge on any atom is 0.263 e. The molecule has 0 fully saturated rings. The van der Waals surface area contributed by atoms with Crippen molar-refractivity contribution in [3.05, 3.63) is 51.5 Å². The second-order valence-electron chi connectivity index (χ2n) is 6.43. The van der Waals surface area contributed by atoms with Gasteiger partial charge in [-0.2, -0.15) is 0 Å². The van der Waals surface area contributed by atoms with Gasteiger partial charge in [-0.3, -0.25) is 9.52 Å². The Labute approximate surface area is 162 Å². The Balaban J connectivity index is 2.05. The number of hydrogen-bond acceptors (Lipinski definition) is 3. The number of nitrogens with zero attached hydrogens (tertiary/aromatic N) is 1. The van der Waals surface area contributed by atoms with Crippen molar-refractivity contribution in [2.24, 2.45) is 0 Å². The van der Waals surface area contributed by atoms with E-state index in [4.69, 9.17) is 0 Å². The number of nitrogens with one attached hydrogen (secondary N) is 1. The van der Waals surface area contributed by atoms with Gasteiger partial charge in [-0.15, -0.1) is 0 Å². The number of para-hydroxylation sites is 1. The van der Waals surface area contributed by atoms with Crippen molar-refractivity contribution in [1.82, 2.24) is 0 Å². The molecular formula is C19H21BrN2O3S. The fourth-order valence-corrected chi connectivity index (χ4v) is 5.52. The van der Waals surface area contributed by atoms with Crippen molar-refractivity contribution < 1.29 is 13.2 Å². The van der Waals surface area contributed by atoms with Crippen molar-refractivity contribution in [3.8, 4) is 0 Å². The first-order valence-electron chi connectivity index (χ1n) is 8.46. The smallest absolute Gasteiger partial charge is 0.263 e. The van der Waals surface area contributed by atoms with Gasteiger partial charge in [0.2, 0.25) is 5.91 Å². The lowest BCUT2D eigenvalue weighted by Crippen LogP contribution is -2.28. The number of sulfonamides is 1. The van der Waals surface area contributed by atoms with E-state index in [1.54, 1.807) is 24.0 Å².